The van der Waals surface area contributed by atoms with Gasteiger partial charge in [-0.25, -0.2) is 9.97 Å². The molecule has 5 nitrogen and oxygen atoms in total. The Morgan fingerprint density at radius 1 is 1.40 bits per heavy atom. The minimum atomic E-state index is 0.0755. The van der Waals surface area contributed by atoms with Crippen molar-refractivity contribution in [1.82, 2.24) is 15.0 Å². The summed E-state index contributed by atoms with van der Waals surface area (Å²) >= 11 is 0. The Hall–Kier alpha value is -2.04. The summed E-state index contributed by atoms with van der Waals surface area (Å²) in [5, 5.41) is 3.23. The molecule has 0 bridgehead atoms. The molecule has 2 heterocycles. The molecule has 0 aliphatic heterocycles. The van der Waals surface area contributed by atoms with E-state index in [2.05, 4.69) is 20.3 Å². The van der Waals surface area contributed by atoms with E-state index in [0.717, 1.165) is 11.5 Å². The topological polar surface area (TPSA) is 79.6 Å². The first-order chi connectivity index (χ1) is 7.27. The molecular formula is C10H13N5. The summed E-state index contributed by atoms with van der Waals surface area (Å²) in [6, 6.07) is 3.81. The van der Waals surface area contributed by atoms with Crippen LogP contribution in [0, 0.1) is 0 Å². The number of hydrogen-bond donors (Lipinski definition) is 3. The van der Waals surface area contributed by atoms with Gasteiger partial charge in [0, 0.05) is 18.6 Å². The Morgan fingerprint density at radius 3 is 2.93 bits per heavy atom. The third kappa shape index (κ3) is 2.07. The average Bonchev–Trinajstić information content (AvgIpc) is 2.74. The maximum absolute atomic E-state index is 5.72. The first kappa shape index (κ1) is 9.51. The molecule has 78 valence electrons. The second-order valence-corrected chi connectivity index (χ2v) is 3.28. The number of rotatable bonds is 3. The fourth-order valence-corrected chi connectivity index (χ4v) is 1.36. The summed E-state index contributed by atoms with van der Waals surface area (Å²) in [5.41, 5.74) is 6.54. The third-order valence-electron chi connectivity index (χ3n) is 2.14. The highest BCUT2D eigenvalue weighted by Crippen LogP contribution is 2.19. The molecule has 15 heavy (non-hydrogen) atoms. The first-order valence-electron chi connectivity index (χ1n) is 4.73. The fraction of sp³-hybridized carbons (Fsp3) is 0.200. The van der Waals surface area contributed by atoms with Gasteiger partial charge in [0.05, 0.1) is 11.7 Å². The van der Waals surface area contributed by atoms with Gasteiger partial charge in [-0.1, -0.05) is 0 Å². The molecule has 0 aromatic carbocycles. The quantitative estimate of drug-likeness (QED) is 0.707. The SMILES string of the molecule is CC(Nc1cccnc1N)c1ncc[nH]1. The van der Waals surface area contributed by atoms with Crippen LogP contribution in [0.4, 0.5) is 11.5 Å². The van der Waals surface area contributed by atoms with Gasteiger partial charge in [0.1, 0.15) is 11.6 Å². The number of hydrogen-bond acceptors (Lipinski definition) is 4. The lowest BCUT2D eigenvalue weighted by Crippen LogP contribution is -2.10. The predicted octanol–water partition coefficient (Wildman–Crippen LogP) is 1.56. The van der Waals surface area contributed by atoms with Gasteiger partial charge in [0.25, 0.3) is 0 Å². The molecule has 0 saturated carbocycles. The van der Waals surface area contributed by atoms with E-state index in [1.165, 1.54) is 0 Å². The molecule has 0 spiro atoms. The molecule has 0 aliphatic carbocycles. The molecule has 2 aromatic heterocycles. The van der Waals surface area contributed by atoms with Crippen LogP contribution in [-0.2, 0) is 0 Å². The molecule has 5 heteroatoms. The molecule has 1 unspecified atom stereocenters. The lowest BCUT2D eigenvalue weighted by atomic mass is 10.3. The molecule has 0 aliphatic rings. The van der Waals surface area contributed by atoms with Crippen molar-refractivity contribution in [3.63, 3.8) is 0 Å². The van der Waals surface area contributed by atoms with E-state index in [1.54, 1.807) is 18.6 Å². The summed E-state index contributed by atoms with van der Waals surface area (Å²) in [4.78, 5) is 11.2. The van der Waals surface area contributed by atoms with Crippen molar-refractivity contribution >= 4 is 11.5 Å². The summed E-state index contributed by atoms with van der Waals surface area (Å²) in [5.74, 6) is 1.37. The maximum atomic E-state index is 5.72. The van der Waals surface area contributed by atoms with Crippen molar-refractivity contribution in [2.45, 2.75) is 13.0 Å². The second-order valence-electron chi connectivity index (χ2n) is 3.28. The molecular weight excluding hydrogens is 190 g/mol. The Balaban J connectivity index is 2.13. The fourth-order valence-electron chi connectivity index (χ4n) is 1.36. The molecule has 1 atom stereocenters. The Labute approximate surface area is 87.8 Å². The first-order valence-corrected chi connectivity index (χ1v) is 4.73. The van der Waals surface area contributed by atoms with Crippen LogP contribution >= 0.6 is 0 Å². The van der Waals surface area contributed by atoms with Crippen LogP contribution in [0.5, 0.6) is 0 Å². The highest BCUT2D eigenvalue weighted by Gasteiger charge is 2.08. The van der Waals surface area contributed by atoms with Crippen LogP contribution in [-0.4, -0.2) is 15.0 Å². The summed E-state index contributed by atoms with van der Waals surface area (Å²) in [7, 11) is 0. The van der Waals surface area contributed by atoms with Crippen LogP contribution in [0.1, 0.15) is 18.8 Å². The van der Waals surface area contributed by atoms with Gasteiger partial charge in [-0.2, -0.15) is 0 Å². The number of aromatic amines is 1. The number of nitrogen functional groups attached to an aromatic ring is 1. The standard InChI is InChI=1S/C10H13N5/c1-7(10-13-5-6-14-10)15-8-3-2-4-12-9(8)11/h2-7,15H,1H3,(H2,11,12)(H,13,14). The van der Waals surface area contributed by atoms with Crippen molar-refractivity contribution in [1.29, 1.82) is 0 Å². The summed E-state index contributed by atoms with van der Waals surface area (Å²) in [6.45, 7) is 2.01. The number of H-pyrrole nitrogens is 1. The maximum Gasteiger partial charge on any atom is 0.146 e. The lowest BCUT2D eigenvalue weighted by Gasteiger charge is -2.13. The number of imidazole rings is 1. The largest absolute Gasteiger partial charge is 0.382 e. The number of nitrogens with one attached hydrogen (secondary N) is 2. The van der Waals surface area contributed by atoms with E-state index >= 15 is 0 Å². The van der Waals surface area contributed by atoms with Gasteiger partial charge in [-0.15, -0.1) is 0 Å². The lowest BCUT2D eigenvalue weighted by molar-refractivity contribution is 0.810. The van der Waals surface area contributed by atoms with E-state index in [0.29, 0.717) is 5.82 Å². The zero-order chi connectivity index (χ0) is 10.7. The number of aromatic nitrogens is 3. The number of pyridine rings is 1. The number of anilines is 2. The third-order valence-corrected chi connectivity index (χ3v) is 2.14. The van der Waals surface area contributed by atoms with Crippen molar-refractivity contribution in [2.24, 2.45) is 0 Å². The summed E-state index contributed by atoms with van der Waals surface area (Å²) < 4.78 is 0. The van der Waals surface area contributed by atoms with Crippen molar-refractivity contribution in [2.75, 3.05) is 11.1 Å². The van der Waals surface area contributed by atoms with Crippen molar-refractivity contribution in [3.8, 4) is 0 Å². The Morgan fingerprint density at radius 2 is 2.27 bits per heavy atom. The Bertz CT molecular complexity index is 423. The van der Waals surface area contributed by atoms with Crippen LogP contribution in [0.15, 0.2) is 30.7 Å². The summed E-state index contributed by atoms with van der Waals surface area (Å²) in [6.07, 6.45) is 5.18. The van der Waals surface area contributed by atoms with Gasteiger partial charge in [-0.05, 0) is 19.1 Å². The molecule has 2 rings (SSSR count). The van der Waals surface area contributed by atoms with Gasteiger partial charge in [0.15, 0.2) is 0 Å². The zero-order valence-corrected chi connectivity index (χ0v) is 8.44. The number of nitrogens with two attached hydrogens (primary N) is 1. The normalized spacial score (nSPS) is 12.3. The smallest absolute Gasteiger partial charge is 0.146 e. The highest BCUT2D eigenvalue weighted by atomic mass is 15.0. The zero-order valence-electron chi connectivity index (χ0n) is 8.44. The van der Waals surface area contributed by atoms with E-state index in [1.807, 2.05) is 19.1 Å². The van der Waals surface area contributed by atoms with E-state index in [-0.39, 0.29) is 6.04 Å². The van der Waals surface area contributed by atoms with Gasteiger partial charge in [-0.3, -0.25) is 0 Å². The molecule has 0 fully saturated rings. The van der Waals surface area contributed by atoms with Crippen LogP contribution in [0.3, 0.4) is 0 Å². The molecule has 0 radical (unpaired) electrons. The van der Waals surface area contributed by atoms with Crippen molar-refractivity contribution in [3.05, 3.63) is 36.5 Å². The van der Waals surface area contributed by atoms with Crippen LogP contribution < -0.4 is 11.1 Å². The van der Waals surface area contributed by atoms with Crippen LogP contribution in [0.2, 0.25) is 0 Å². The number of nitrogens with zero attached hydrogens (tertiary/aromatic N) is 2. The minimum absolute atomic E-state index is 0.0755. The van der Waals surface area contributed by atoms with Gasteiger partial charge >= 0.3 is 0 Å². The monoisotopic (exact) mass is 203 g/mol. The van der Waals surface area contributed by atoms with Gasteiger partial charge < -0.3 is 16.0 Å². The van der Waals surface area contributed by atoms with E-state index in [4.69, 9.17) is 5.73 Å². The molecule has 0 saturated heterocycles. The minimum Gasteiger partial charge on any atom is -0.382 e. The average molecular weight is 203 g/mol. The van der Waals surface area contributed by atoms with E-state index in [9.17, 15) is 0 Å². The highest BCUT2D eigenvalue weighted by molar-refractivity contribution is 5.61. The van der Waals surface area contributed by atoms with Crippen molar-refractivity contribution < 1.29 is 0 Å². The van der Waals surface area contributed by atoms with E-state index < -0.39 is 0 Å². The molecule has 0 amide bonds. The Kier molecular flexibility index (Phi) is 2.53. The molecule has 4 N–H and O–H groups in total. The van der Waals surface area contributed by atoms with Gasteiger partial charge in [0.2, 0.25) is 0 Å². The second kappa shape index (κ2) is 4.00. The molecule has 2 aromatic rings. The predicted molar refractivity (Wildman–Crippen MR) is 59.3 cm³/mol. The van der Waals surface area contributed by atoms with Crippen LogP contribution in [0.25, 0.3) is 0 Å².